The van der Waals surface area contributed by atoms with Gasteiger partial charge < -0.3 is 5.11 Å². The highest BCUT2D eigenvalue weighted by molar-refractivity contribution is 7.11. The number of aryl methyl sites for hydroxylation is 2. The van der Waals surface area contributed by atoms with Crippen LogP contribution >= 0.6 is 11.3 Å². The minimum absolute atomic E-state index is 0.174. The first kappa shape index (κ1) is 10.6. The summed E-state index contributed by atoms with van der Waals surface area (Å²) in [5.74, 6) is -0.857. The van der Waals surface area contributed by atoms with Gasteiger partial charge in [-0.1, -0.05) is 0 Å². The molecule has 15 heavy (non-hydrogen) atoms. The van der Waals surface area contributed by atoms with Gasteiger partial charge in [0.25, 0.3) is 0 Å². The Bertz CT molecular complexity index is 363. The zero-order valence-corrected chi connectivity index (χ0v) is 9.67. The van der Waals surface area contributed by atoms with Crippen molar-refractivity contribution in [1.82, 2.24) is 9.88 Å². The highest BCUT2D eigenvalue weighted by Crippen LogP contribution is 2.22. The van der Waals surface area contributed by atoms with Crippen LogP contribution in [0.15, 0.2) is 0 Å². The van der Waals surface area contributed by atoms with Crippen LogP contribution in [0.4, 0.5) is 0 Å². The summed E-state index contributed by atoms with van der Waals surface area (Å²) in [5.41, 5.74) is 1.09. The molecular weight excluding hydrogens is 212 g/mol. The van der Waals surface area contributed by atoms with Crippen LogP contribution in [0.1, 0.15) is 15.6 Å². The van der Waals surface area contributed by atoms with Gasteiger partial charge in [0, 0.05) is 18.0 Å². The average Bonchev–Trinajstić information content (AvgIpc) is 2.37. The molecule has 0 bridgehead atoms. The second kappa shape index (κ2) is 3.90. The fourth-order valence-corrected chi connectivity index (χ4v) is 2.63. The second-order valence-electron chi connectivity index (χ2n) is 3.98. The Morgan fingerprint density at radius 3 is 2.73 bits per heavy atom. The Morgan fingerprint density at radius 2 is 2.27 bits per heavy atom. The van der Waals surface area contributed by atoms with Crippen molar-refractivity contribution in [1.29, 1.82) is 0 Å². The molecule has 0 spiro atoms. The van der Waals surface area contributed by atoms with Gasteiger partial charge in [-0.2, -0.15) is 0 Å². The summed E-state index contributed by atoms with van der Waals surface area (Å²) in [6, 6.07) is 0. The van der Waals surface area contributed by atoms with Crippen molar-refractivity contribution >= 4 is 17.3 Å². The molecule has 82 valence electrons. The first-order valence-corrected chi connectivity index (χ1v) is 5.76. The van der Waals surface area contributed by atoms with Gasteiger partial charge in [0.1, 0.15) is 5.01 Å². The zero-order valence-electron chi connectivity index (χ0n) is 8.86. The van der Waals surface area contributed by atoms with Crippen molar-refractivity contribution in [3.8, 4) is 0 Å². The standard InChI is InChI=1S/C10H14N2O2S/c1-6-7(2)15-9(11-6)5-12-3-8(4-12)10(13)14/h8H,3-5H2,1-2H3,(H,13,14). The predicted octanol–water partition coefficient (Wildman–Crippen LogP) is 1.28. The van der Waals surface area contributed by atoms with Crippen LogP contribution < -0.4 is 0 Å². The van der Waals surface area contributed by atoms with Crippen molar-refractivity contribution < 1.29 is 9.90 Å². The Labute approximate surface area is 92.6 Å². The SMILES string of the molecule is Cc1nc(CN2CC(C(=O)O)C2)sc1C. The molecule has 1 aromatic heterocycles. The average molecular weight is 226 g/mol. The van der Waals surface area contributed by atoms with Crippen LogP contribution in [0.3, 0.4) is 0 Å². The van der Waals surface area contributed by atoms with Crippen LogP contribution in [0.25, 0.3) is 0 Å². The smallest absolute Gasteiger partial charge is 0.309 e. The Hall–Kier alpha value is -0.940. The Balaban J connectivity index is 1.87. The number of thiazole rings is 1. The second-order valence-corrected chi connectivity index (χ2v) is 5.27. The normalized spacial score (nSPS) is 17.7. The number of likely N-dealkylation sites (tertiary alicyclic amines) is 1. The third kappa shape index (κ3) is 2.18. The number of carbonyl (C=O) groups is 1. The lowest BCUT2D eigenvalue weighted by atomic mass is 10.0. The number of nitrogens with zero attached hydrogens (tertiary/aromatic N) is 2. The lowest BCUT2D eigenvalue weighted by Crippen LogP contribution is -2.49. The van der Waals surface area contributed by atoms with E-state index in [1.807, 2.05) is 6.92 Å². The van der Waals surface area contributed by atoms with Crippen molar-refractivity contribution in [2.45, 2.75) is 20.4 Å². The molecule has 1 fully saturated rings. The summed E-state index contributed by atoms with van der Waals surface area (Å²) in [6.45, 7) is 6.18. The monoisotopic (exact) mass is 226 g/mol. The summed E-state index contributed by atoms with van der Waals surface area (Å²) in [7, 11) is 0. The van der Waals surface area contributed by atoms with Gasteiger partial charge >= 0.3 is 5.97 Å². The first-order valence-electron chi connectivity index (χ1n) is 4.94. The summed E-state index contributed by atoms with van der Waals surface area (Å²) in [6.07, 6.45) is 0. The summed E-state index contributed by atoms with van der Waals surface area (Å²) in [4.78, 5) is 18.4. The predicted molar refractivity (Wildman–Crippen MR) is 58.0 cm³/mol. The molecule has 0 aromatic carbocycles. The van der Waals surface area contributed by atoms with E-state index in [0.29, 0.717) is 13.1 Å². The van der Waals surface area contributed by atoms with Crippen molar-refractivity contribution in [3.63, 3.8) is 0 Å². The Morgan fingerprint density at radius 1 is 1.60 bits per heavy atom. The van der Waals surface area contributed by atoms with Gasteiger partial charge in [0.2, 0.25) is 0 Å². The van der Waals surface area contributed by atoms with Crippen LogP contribution in [-0.2, 0) is 11.3 Å². The fourth-order valence-electron chi connectivity index (χ4n) is 1.65. The Kier molecular flexibility index (Phi) is 2.75. The van der Waals surface area contributed by atoms with E-state index in [0.717, 1.165) is 17.2 Å². The maximum absolute atomic E-state index is 10.6. The van der Waals surface area contributed by atoms with Crippen LogP contribution in [0.2, 0.25) is 0 Å². The van der Waals surface area contributed by atoms with Gasteiger partial charge in [0.05, 0.1) is 18.2 Å². The highest BCUT2D eigenvalue weighted by Gasteiger charge is 2.32. The largest absolute Gasteiger partial charge is 0.481 e. The van der Waals surface area contributed by atoms with Crippen molar-refractivity contribution in [2.24, 2.45) is 5.92 Å². The van der Waals surface area contributed by atoms with Crippen LogP contribution in [-0.4, -0.2) is 34.0 Å². The number of carboxylic acid groups (broad SMARTS) is 1. The third-order valence-electron chi connectivity index (χ3n) is 2.74. The van der Waals surface area contributed by atoms with Crippen LogP contribution in [0, 0.1) is 19.8 Å². The molecule has 1 aromatic rings. The number of carboxylic acids is 1. The molecule has 2 rings (SSSR count). The zero-order chi connectivity index (χ0) is 11.0. The molecule has 1 aliphatic heterocycles. The van der Waals surface area contributed by atoms with E-state index in [1.54, 1.807) is 11.3 Å². The van der Waals surface area contributed by atoms with Crippen molar-refractivity contribution in [3.05, 3.63) is 15.6 Å². The van der Waals surface area contributed by atoms with E-state index < -0.39 is 5.97 Å². The van der Waals surface area contributed by atoms with E-state index in [1.165, 1.54) is 4.88 Å². The number of aromatic nitrogens is 1. The lowest BCUT2D eigenvalue weighted by molar-refractivity contribution is -0.147. The van der Waals surface area contributed by atoms with E-state index >= 15 is 0 Å². The number of rotatable bonds is 3. The summed E-state index contributed by atoms with van der Waals surface area (Å²) < 4.78 is 0. The molecule has 0 atom stereocenters. The lowest BCUT2D eigenvalue weighted by Gasteiger charge is -2.35. The van der Waals surface area contributed by atoms with E-state index in [4.69, 9.17) is 5.11 Å². The molecule has 1 aliphatic rings. The van der Waals surface area contributed by atoms with Gasteiger partial charge in [0.15, 0.2) is 0 Å². The maximum atomic E-state index is 10.6. The van der Waals surface area contributed by atoms with Crippen LogP contribution in [0.5, 0.6) is 0 Å². The number of hydrogen-bond donors (Lipinski definition) is 1. The van der Waals surface area contributed by atoms with Gasteiger partial charge in [-0.05, 0) is 13.8 Å². The molecule has 2 heterocycles. The molecule has 0 amide bonds. The quantitative estimate of drug-likeness (QED) is 0.843. The third-order valence-corrected chi connectivity index (χ3v) is 3.80. The molecule has 0 saturated carbocycles. The van der Waals surface area contributed by atoms with Gasteiger partial charge in [-0.3, -0.25) is 9.69 Å². The summed E-state index contributed by atoms with van der Waals surface area (Å²) >= 11 is 1.70. The minimum atomic E-state index is -0.683. The molecule has 0 aliphatic carbocycles. The topological polar surface area (TPSA) is 53.4 Å². The number of aliphatic carboxylic acids is 1. The highest BCUT2D eigenvalue weighted by atomic mass is 32.1. The van der Waals surface area contributed by atoms with E-state index in [-0.39, 0.29) is 5.92 Å². The number of hydrogen-bond acceptors (Lipinski definition) is 4. The van der Waals surface area contributed by atoms with Gasteiger partial charge in [-0.15, -0.1) is 11.3 Å². The minimum Gasteiger partial charge on any atom is -0.481 e. The molecule has 1 saturated heterocycles. The molecule has 4 nitrogen and oxygen atoms in total. The molecule has 0 unspecified atom stereocenters. The van der Waals surface area contributed by atoms with E-state index in [9.17, 15) is 4.79 Å². The maximum Gasteiger partial charge on any atom is 0.309 e. The van der Waals surface area contributed by atoms with Crippen molar-refractivity contribution in [2.75, 3.05) is 13.1 Å². The van der Waals surface area contributed by atoms with Gasteiger partial charge in [-0.25, -0.2) is 4.98 Å². The molecule has 5 heteroatoms. The molecule has 0 radical (unpaired) electrons. The fraction of sp³-hybridized carbons (Fsp3) is 0.600. The molecule has 1 N–H and O–H groups in total. The molecular formula is C10H14N2O2S. The van der Waals surface area contributed by atoms with E-state index in [2.05, 4.69) is 16.8 Å². The first-order chi connectivity index (χ1) is 7.06. The summed E-state index contributed by atoms with van der Waals surface area (Å²) in [5, 5.41) is 9.82.